The maximum absolute atomic E-state index is 12.0. The van der Waals surface area contributed by atoms with Gasteiger partial charge in [0.1, 0.15) is 0 Å². The van der Waals surface area contributed by atoms with Crippen LogP contribution in [0.1, 0.15) is 20.8 Å². The van der Waals surface area contributed by atoms with E-state index < -0.39 is 11.6 Å². The number of carboxylic acids is 1. The van der Waals surface area contributed by atoms with Gasteiger partial charge < -0.3 is 20.4 Å². The van der Waals surface area contributed by atoms with Crippen molar-refractivity contribution in [1.29, 1.82) is 0 Å². The van der Waals surface area contributed by atoms with E-state index in [4.69, 9.17) is 5.11 Å². The summed E-state index contributed by atoms with van der Waals surface area (Å²) in [6, 6.07) is -0.345. The van der Waals surface area contributed by atoms with Crippen molar-refractivity contribution in [2.75, 3.05) is 33.2 Å². The molecule has 2 amide bonds. The number of amides is 2. The molecule has 1 saturated heterocycles. The van der Waals surface area contributed by atoms with Crippen LogP contribution in [0.2, 0.25) is 0 Å². The summed E-state index contributed by atoms with van der Waals surface area (Å²) >= 11 is 0. The minimum atomic E-state index is -1.95. The molecule has 1 atom stereocenters. The van der Waals surface area contributed by atoms with Crippen molar-refractivity contribution in [3.63, 3.8) is 0 Å². The fourth-order valence-corrected chi connectivity index (χ4v) is 1.85. The topological polar surface area (TPSA) is 93.1 Å². The molecule has 0 aromatic heterocycles. The lowest BCUT2D eigenvalue weighted by molar-refractivity contribution is -0.155. The summed E-state index contributed by atoms with van der Waals surface area (Å²) in [4.78, 5) is 26.5. The molecule has 1 aliphatic heterocycles. The first-order chi connectivity index (χ1) is 8.56. The number of piperazine rings is 1. The summed E-state index contributed by atoms with van der Waals surface area (Å²) in [5.41, 5.74) is -2.07. The molecular weight excluding hydrogens is 250 g/mol. The molecule has 1 rings (SSSR count). The van der Waals surface area contributed by atoms with Crippen molar-refractivity contribution in [2.24, 2.45) is 0 Å². The minimum Gasteiger partial charge on any atom is -0.479 e. The second-order valence-electron chi connectivity index (χ2n) is 5.89. The number of carbonyl (C=O) groups is 2. The number of nitrogens with zero attached hydrogens (tertiary/aromatic N) is 2. The summed E-state index contributed by atoms with van der Waals surface area (Å²) in [6.45, 7) is 6.83. The average Bonchev–Trinajstić information content (AvgIpc) is 2.29. The van der Waals surface area contributed by atoms with Gasteiger partial charge in [-0.3, -0.25) is 4.90 Å². The standard InChI is InChI=1S/C12H23N3O4/c1-11(2)8-15(6-5-14(11)4)10(18)13-7-12(3,19)9(16)17/h19H,5-8H2,1-4H3,(H,13,18)(H,16,17). The monoisotopic (exact) mass is 273 g/mol. The van der Waals surface area contributed by atoms with E-state index in [-0.39, 0.29) is 18.1 Å². The van der Waals surface area contributed by atoms with Crippen LogP contribution >= 0.6 is 0 Å². The number of carbonyl (C=O) groups excluding carboxylic acids is 1. The lowest BCUT2D eigenvalue weighted by Crippen LogP contribution is -2.61. The Labute approximate surface area is 113 Å². The Kier molecular flexibility index (Phi) is 4.42. The van der Waals surface area contributed by atoms with Crippen LogP contribution in [0, 0.1) is 0 Å². The maximum Gasteiger partial charge on any atom is 0.337 e. The molecule has 0 radical (unpaired) electrons. The van der Waals surface area contributed by atoms with Crippen LogP contribution in [0.5, 0.6) is 0 Å². The second kappa shape index (κ2) is 5.34. The predicted molar refractivity (Wildman–Crippen MR) is 69.9 cm³/mol. The first-order valence-corrected chi connectivity index (χ1v) is 6.26. The zero-order valence-electron chi connectivity index (χ0n) is 11.9. The first-order valence-electron chi connectivity index (χ1n) is 6.26. The van der Waals surface area contributed by atoms with Crippen LogP contribution in [0.3, 0.4) is 0 Å². The molecule has 0 bridgehead atoms. The SMILES string of the molecule is CN1CCN(C(=O)NCC(C)(O)C(=O)O)CC1(C)C. The van der Waals surface area contributed by atoms with E-state index in [1.807, 2.05) is 20.9 Å². The van der Waals surface area contributed by atoms with Gasteiger partial charge in [-0.2, -0.15) is 0 Å². The van der Waals surface area contributed by atoms with Gasteiger partial charge in [0.15, 0.2) is 5.60 Å². The number of hydrogen-bond acceptors (Lipinski definition) is 4. The maximum atomic E-state index is 12.0. The van der Waals surface area contributed by atoms with Gasteiger partial charge in [-0.25, -0.2) is 9.59 Å². The van der Waals surface area contributed by atoms with Gasteiger partial charge in [-0.15, -0.1) is 0 Å². The quantitative estimate of drug-likeness (QED) is 0.648. The molecule has 0 aliphatic carbocycles. The van der Waals surface area contributed by atoms with Crippen LogP contribution in [0.15, 0.2) is 0 Å². The Bertz CT molecular complexity index is 368. The van der Waals surface area contributed by atoms with Crippen LogP contribution in [0.4, 0.5) is 4.79 Å². The van der Waals surface area contributed by atoms with Gasteiger partial charge in [0.25, 0.3) is 0 Å². The molecule has 7 heteroatoms. The van der Waals surface area contributed by atoms with Gasteiger partial charge in [0.05, 0.1) is 6.54 Å². The molecule has 0 aromatic carbocycles. The Morgan fingerprint density at radius 3 is 2.42 bits per heavy atom. The number of rotatable bonds is 3. The second-order valence-corrected chi connectivity index (χ2v) is 5.89. The third kappa shape index (κ3) is 3.81. The summed E-state index contributed by atoms with van der Waals surface area (Å²) in [6.07, 6.45) is 0. The van der Waals surface area contributed by atoms with E-state index in [0.717, 1.165) is 13.5 Å². The van der Waals surface area contributed by atoms with E-state index in [9.17, 15) is 14.7 Å². The fourth-order valence-electron chi connectivity index (χ4n) is 1.85. The van der Waals surface area contributed by atoms with Gasteiger partial charge in [-0.1, -0.05) is 0 Å². The number of hydrogen-bond donors (Lipinski definition) is 3. The third-order valence-electron chi connectivity index (χ3n) is 3.65. The summed E-state index contributed by atoms with van der Waals surface area (Å²) in [7, 11) is 2.00. The van der Waals surface area contributed by atoms with Crippen LogP contribution in [0.25, 0.3) is 0 Å². The van der Waals surface area contributed by atoms with E-state index in [1.165, 1.54) is 0 Å². The Hall–Kier alpha value is -1.34. The average molecular weight is 273 g/mol. The van der Waals surface area contributed by atoms with Crippen LogP contribution in [-0.2, 0) is 4.79 Å². The van der Waals surface area contributed by atoms with E-state index in [2.05, 4.69) is 10.2 Å². The van der Waals surface area contributed by atoms with Crippen molar-refractivity contribution in [2.45, 2.75) is 31.9 Å². The Balaban J connectivity index is 2.54. The number of aliphatic carboxylic acids is 1. The molecule has 1 heterocycles. The van der Waals surface area contributed by atoms with Crippen LogP contribution in [-0.4, -0.2) is 76.4 Å². The highest BCUT2D eigenvalue weighted by atomic mass is 16.4. The van der Waals surface area contributed by atoms with Crippen molar-refractivity contribution in [3.8, 4) is 0 Å². The molecule has 0 spiro atoms. The van der Waals surface area contributed by atoms with Crippen LogP contribution < -0.4 is 5.32 Å². The number of aliphatic hydroxyl groups is 1. The zero-order chi connectivity index (χ0) is 14.8. The lowest BCUT2D eigenvalue weighted by Gasteiger charge is -2.45. The smallest absolute Gasteiger partial charge is 0.337 e. The van der Waals surface area contributed by atoms with E-state index in [1.54, 1.807) is 4.90 Å². The highest BCUT2D eigenvalue weighted by molar-refractivity contribution is 5.79. The van der Waals surface area contributed by atoms with Gasteiger partial charge in [0.2, 0.25) is 0 Å². The van der Waals surface area contributed by atoms with Gasteiger partial charge in [-0.05, 0) is 27.8 Å². The predicted octanol–water partition coefficient (Wildman–Crippen LogP) is -0.442. The van der Waals surface area contributed by atoms with Crippen molar-refractivity contribution >= 4 is 12.0 Å². The van der Waals surface area contributed by atoms with Crippen molar-refractivity contribution in [1.82, 2.24) is 15.1 Å². The largest absolute Gasteiger partial charge is 0.479 e. The Morgan fingerprint density at radius 2 is 1.95 bits per heavy atom. The number of nitrogens with one attached hydrogen (secondary N) is 1. The molecule has 3 N–H and O–H groups in total. The Morgan fingerprint density at radius 1 is 1.37 bits per heavy atom. The van der Waals surface area contributed by atoms with E-state index in [0.29, 0.717) is 13.1 Å². The number of urea groups is 1. The lowest BCUT2D eigenvalue weighted by atomic mass is 10.00. The molecule has 0 saturated carbocycles. The minimum absolute atomic E-state index is 0.120. The van der Waals surface area contributed by atoms with Gasteiger partial charge in [0, 0.05) is 25.2 Å². The van der Waals surface area contributed by atoms with Gasteiger partial charge >= 0.3 is 12.0 Å². The normalized spacial score (nSPS) is 22.7. The number of carboxylic acid groups (broad SMARTS) is 1. The third-order valence-corrected chi connectivity index (χ3v) is 3.65. The fraction of sp³-hybridized carbons (Fsp3) is 0.833. The number of likely N-dealkylation sites (N-methyl/N-ethyl adjacent to an activating group) is 1. The highest BCUT2D eigenvalue weighted by Crippen LogP contribution is 2.18. The highest BCUT2D eigenvalue weighted by Gasteiger charge is 2.35. The summed E-state index contributed by atoms with van der Waals surface area (Å²) in [5, 5.41) is 20.8. The first kappa shape index (κ1) is 15.7. The van der Waals surface area contributed by atoms with Crippen molar-refractivity contribution < 1.29 is 19.8 Å². The molecule has 7 nitrogen and oxygen atoms in total. The summed E-state index contributed by atoms with van der Waals surface area (Å²) < 4.78 is 0. The van der Waals surface area contributed by atoms with E-state index >= 15 is 0 Å². The molecule has 1 fully saturated rings. The van der Waals surface area contributed by atoms with Crippen molar-refractivity contribution in [3.05, 3.63) is 0 Å². The molecular formula is C12H23N3O4. The molecule has 1 aliphatic rings. The molecule has 1 unspecified atom stereocenters. The molecule has 110 valence electrons. The summed E-state index contributed by atoms with van der Waals surface area (Å²) in [5.74, 6) is -1.36. The molecule has 0 aromatic rings. The molecule has 19 heavy (non-hydrogen) atoms. The zero-order valence-corrected chi connectivity index (χ0v) is 11.9.